The van der Waals surface area contributed by atoms with E-state index in [4.69, 9.17) is 19.9 Å². The predicted octanol–water partition coefficient (Wildman–Crippen LogP) is 14.7. The molecule has 10 aromatic carbocycles. The van der Waals surface area contributed by atoms with E-state index in [9.17, 15) is 0 Å². The molecular formula is C65H37N5. The number of pyridine rings is 1. The van der Waals surface area contributed by atoms with Gasteiger partial charge in [0.05, 0.1) is 38.7 Å². The summed E-state index contributed by atoms with van der Waals surface area (Å²) < 4.78 is 2.50. The third-order valence-electron chi connectivity index (χ3n) is 16.9. The number of hydrogen-bond donors (Lipinski definition) is 0. The van der Waals surface area contributed by atoms with E-state index in [0.717, 1.165) is 33.3 Å². The number of fused-ring (bicyclic) bond motifs is 3. The van der Waals surface area contributed by atoms with Gasteiger partial charge >= 0.3 is 0 Å². The highest BCUT2D eigenvalue weighted by molar-refractivity contribution is 6.20. The Morgan fingerprint density at radius 3 is 1.29 bits per heavy atom. The second-order valence-electron chi connectivity index (χ2n) is 19.5. The first-order chi connectivity index (χ1) is 34.7. The van der Waals surface area contributed by atoms with Gasteiger partial charge in [0, 0.05) is 44.6 Å². The van der Waals surface area contributed by atoms with E-state index in [1.54, 1.807) is 0 Å². The fourth-order valence-corrected chi connectivity index (χ4v) is 14.7. The largest absolute Gasteiger partial charge is 0.309 e. The maximum absolute atomic E-state index is 5.30. The van der Waals surface area contributed by atoms with Gasteiger partial charge in [-0.2, -0.15) is 0 Å². The van der Waals surface area contributed by atoms with Crippen LogP contribution < -0.4 is 0 Å². The summed E-state index contributed by atoms with van der Waals surface area (Å²) >= 11 is 0. The molecule has 0 N–H and O–H groups in total. The van der Waals surface area contributed by atoms with Crippen molar-refractivity contribution in [3.63, 3.8) is 0 Å². The summed E-state index contributed by atoms with van der Waals surface area (Å²) in [5.74, 6) is 1.98. The molecule has 5 heteroatoms. The monoisotopic (exact) mass is 887 g/mol. The molecule has 4 aliphatic rings. The minimum absolute atomic E-state index is 0.400. The van der Waals surface area contributed by atoms with Crippen molar-refractivity contribution in [3.05, 3.63) is 258 Å². The Hall–Kier alpha value is -9.06. The molecule has 0 radical (unpaired) electrons. The first-order valence-corrected chi connectivity index (χ1v) is 24.2. The van der Waals surface area contributed by atoms with Gasteiger partial charge in [0.25, 0.3) is 0 Å². The van der Waals surface area contributed by atoms with Crippen LogP contribution in [0.2, 0.25) is 0 Å². The van der Waals surface area contributed by atoms with E-state index in [-0.39, 0.29) is 0 Å². The highest BCUT2D eigenvalue weighted by Crippen LogP contribution is 2.95. The molecule has 0 bridgehead atoms. The Kier molecular flexibility index (Phi) is 6.72. The van der Waals surface area contributed by atoms with E-state index >= 15 is 0 Å². The van der Waals surface area contributed by atoms with Crippen LogP contribution >= 0.6 is 0 Å². The lowest BCUT2D eigenvalue weighted by Gasteiger charge is -2.26. The van der Waals surface area contributed by atoms with Crippen LogP contribution in [0.25, 0.3) is 105 Å². The summed E-state index contributed by atoms with van der Waals surface area (Å²) in [4.78, 5) is 20.6. The van der Waals surface area contributed by atoms with Gasteiger partial charge in [0.1, 0.15) is 0 Å². The van der Waals surface area contributed by atoms with Gasteiger partial charge in [0.2, 0.25) is 0 Å². The molecule has 70 heavy (non-hydrogen) atoms. The summed E-state index contributed by atoms with van der Waals surface area (Å²) in [6.07, 6.45) is 1.91. The molecule has 0 saturated heterocycles. The van der Waals surface area contributed by atoms with Gasteiger partial charge in [-0.25, -0.2) is 15.0 Å². The highest BCUT2D eigenvalue weighted by atomic mass is 15.0. The zero-order valence-electron chi connectivity index (χ0n) is 37.6. The standard InChI is InChI=1S/C65H37N5/c1-3-16-38(17-4-1)60-67-61(39-18-5-2-6-19-39)69-62(68-60)45-32-34-51-58-44(45)23-14-26-48(58)64-52-35-36-56(70-54-29-9-7-20-41(54)42-21-8-10-30-55(42)70)46-24-15-27-49(59(46)52)63(64)47-25-13-22-43-40(53-28-11-12-37-66-53)31-33-50(57(43)47)65(51,63)64/h1-37H. The van der Waals surface area contributed by atoms with Crippen LogP contribution in [0.1, 0.15) is 33.4 Å². The molecule has 1 fully saturated rings. The van der Waals surface area contributed by atoms with Crippen LogP contribution in [-0.2, 0) is 16.2 Å². The number of para-hydroxylation sites is 2. The maximum atomic E-state index is 5.30. The quantitative estimate of drug-likeness (QED) is 0.173. The summed E-state index contributed by atoms with van der Waals surface area (Å²) in [7, 11) is 0. The van der Waals surface area contributed by atoms with Crippen molar-refractivity contribution in [2.75, 3.05) is 0 Å². The molecule has 1 saturated carbocycles. The second kappa shape index (κ2) is 12.7. The van der Waals surface area contributed by atoms with Crippen LogP contribution in [0.3, 0.4) is 0 Å². The van der Waals surface area contributed by atoms with Gasteiger partial charge in [0.15, 0.2) is 17.5 Å². The van der Waals surface area contributed by atoms with Gasteiger partial charge in [-0.05, 0) is 90.6 Å². The molecule has 3 heterocycles. The lowest BCUT2D eigenvalue weighted by Crippen LogP contribution is -2.21. The molecule has 3 aromatic heterocycles. The molecule has 0 amide bonds. The molecule has 322 valence electrons. The van der Waals surface area contributed by atoms with Gasteiger partial charge in [-0.3, -0.25) is 4.98 Å². The highest BCUT2D eigenvalue weighted by Gasteiger charge is 2.96. The first-order valence-electron chi connectivity index (χ1n) is 24.2. The predicted molar refractivity (Wildman–Crippen MR) is 281 cm³/mol. The van der Waals surface area contributed by atoms with Gasteiger partial charge < -0.3 is 4.57 Å². The smallest absolute Gasteiger partial charge is 0.164 e. The lowest BCUT2D eigenvalue weighted by molar-refractivity contribution is 0.735. The number of aromatic nitrogens is 5. The van der Waals surface area contributed by atoms with Crippen molar-refractivity contribution >= 4 is 54.1 Å². The number of rotatable bonds is 5. The van der Waals surface area contributed by atoms with Crippen molar-refractivity contribution < 1.29 is 0 Å². The average Bonchev–Trinajstić information content (AvgIpc) is 3.79. The Labute approximate surface area is 402 Å². The Balaban J connectivity index is 0.983. The molecule has 3 unspecified atom stereocenters. The maximum Gasteiger partial charge on any atom is 0.164 e. The van der Waals surface area contributed by atoms with Crippen molar-refractivity contribution in [2.24, 2.45) is 0 Å². The average molecular weight is 888 g/mol. The molecular weight excluding hydrogens is 851 g/mol. The van der Waals surface area contributed by atoms with Crippen LogP contribution in [0.15, 0.2) is 225 Å². The van der Waals surface area contributed by atoms with Crippen molar-refractivity contribution in [3.8, 4) is 51.1 Å². The molecule has 3 spiro atoms. The van der Waals surface area contributed by atoms with E-state index in [2.05, 4.69) is 180 Å². The normalized spacial score (nSPS) is 19.6. The molecule has 0 aliphatic heterocycles. The van der Waals surface area contributed by atoms with Crippen LogP contribution in [0.4, 0.5) is 0 Å². The molecule has 3 atom stereocenters. The van der Waals surface area contributed by atoms with Crippen LogP contribution in [0, 0.1) is 0 Å². The Morgan fingerprint density at radius 1 is 0.300 bits per heavy atom. The Morgan fingerprint density at radius 2 is 0.729 bits per heavy atom. The van der Waals surface area contributed by atoms with Crippen molar-refractivity contribution in [1.29, 1.82) is 0 Å². The fourth-order valence-electron chi connectivity index (χ4n) is 14.7. The molecule has 17 rings (SSSR count). The summed E-state index contributed by atoms with van der Waals surface area (Å²) in [6.45, 7) is 0. The SMILES string of the molecule is c1ccc(-c2nc(-c3ccccc3)nc(-c3ccc4c5c(cccc35)C35c6ccc(-n7c8ccccc8c8ccccc87)c7cccc(c67)C36c3cccc7c(-c8ccccn8)ccc(c37)C465)n2)cc1. The fraction of sp³-hybridized carbons (Fsp3) is 0.0462. The van der Waals surface area contributed by atoms with Crippen molar-refractivity contribution in [2.45, 2.75) is 16.2 Å². The zero-order valence-corrected chi connectivity index (χ0v) is 37.6. The third-order valence-corrected chi connectivity index (χ3v) is 16.9. The lowest BCUT2D eigenvalue weighted by atomic mass is 9.76. The summed E-state index contributed by atoms with van der Waals surface area (Å²) in [5.41, 5.74) is 15.9. The van der Waals surface area contributed by atoms with E-state index in [0.29, 0.717) is 17.5 Å². The minimum Gasteiger partial charge on any atom is -0.309 e. The second-order valence-corrected chi connectivity index (χ2v) is 19.5. The topological polar surface area (TPSA) is 56.5 Å². The van der Waals surface area contributed by atoms with Crippen LogP contribution in [-0.4, -0.2) is 24.5 Å². The summed E-state index contributed by atoms with van der Waals surface area (Å²) in [5, 5.41) is 10.3. The number of hydrogen-bond acceptors (Lipinski definition) is 4. The van der Waals surface area contributed by atoms with Crippen LogP contribution in [0.5, 0.6) is 0 Å². The minimum atomic E-state index is -0.418. The van der Waals surface area contributed by atoms with E-state index in [1.165, 1.54) is 87.8 Å². The Bertz CT molecular complexity index is 4370. The molecule has 5 nitrogen and oxygen atoms in total. The third kappa shape index (κ3) is 3.98. The van der Waals surface area contributed by atoms with Crippen molar-refractivity contribution in [1.82, 2.24) is 24.5 Å². The molecule has 4 aliphatic carbocycles. The van der Waals surface area contributed by atoms with E-state index < -0.39 is 16.2 Å². The number of benzene rings is 10. The van der Waals surface area contributed by atoms with E-state index in [1.807, 2.05) is 48.7 Å². The zero-order chi connectivity index (χ0) is 45.5. The van der Waals surface area contributed by atoms with Gasteiger partial charge in [-0.15, -0.1) is 0 Å². The summed E-state index contributed by atoms with van der Waals surface area (Å²) in [6, 6.07) is 80.3. The first kappa shape index (κ1) is 37.0. The molecule has 13 aromatic rings. The number of nitrogens with zero attached hydrogens (tertiary/aromatic N) is 5. The van der Waals surface area contributed by atoms with Gasteiger partial charge in [-0.1, -0.05) is 188 Å².